The van der Waals surface area contributed by atoms with Crippen molar-refractivity contribution in [1.29, 1.82) is 5.26 Å². The van der Waals surface area contributed by atoms with Crippen molar-refractivity contribution in [3.63, 3.8) is 0 Å². The Kier molecular flexibility index (Phi) is 1.20. The number of epoxide rings is 1. The molecule has 1 fully saturated rings. The van der Waals surface area contributed by atoms with Gasteiger partial charge in [-0.2, -0.15) is 5.26 Å². The van der Waals surface area contributed by atoms with Gasteiger partial charge in [-0.05, 0) is 6.92 Å². The predicted octanol–water partition coefficient (Wildman–Crippen LogP) is -0.342. The molecule has 0 aromatic carbocycles. The van der Waals surface area contributed by atoms with E-state index in [4.69, 9.17) is 15.1 Å². The third-order valence-electron chi connectivity index (χ3n) is 1.20. The smallest absolute Gasteiger partial charge is 0.169 e. The summed E-state index contributed by atoms with van der Waals surface area (Å²) in [6.45, 7) is 1.82. The minimum Gasteiger partial charge on any atom is -0.375 e. The normalized spacial score (nSPS) is 38.1. The molecule has 0 aromatic heterocycles. The fourth-order valence-electron chi connectivity index (χ4n) is 0.607. The van der Waals surface area contributed by atoms with E-state index in [1.807, 2.05) is 6.92 Å². The molecule has 1 aliphatic heterocycles. The van der Waals surface area contributed by atoms with Gasteiger partial charge >= 0.3 is 0 Å². The summed E-state index contributed by atoms with van der Waals surface area (Å²) in [5, 5.41) is 16.8. The van der Waals surface area contributed by atoms with Crippen molar-refractivity contribution in [3.05, 3.63) is 0 Å². The molecule has 0 aliphatic carbocycles. The van der Waals surface area contributed by atoms with Gasteiger partial charge in [-0.3, -0.25) is 0 Å². The zero-order valence-electron chi connectivity index (χ0n) is 4.53. The maximum atomic E-state index is 8.68. The number of nitrogens with zero attached hydrogens (tertiary/aromatic N) is 1. The first kappa shape index (κ1) is 5.54. The first-order valence-electron chi connectivity index (χ1n) is 2.49. The third-order valence-corrected chi connectivity index (χ3v) is 1.20. The van der Waals surface area contributed by atoms with Gasteiger partial charge in [0.2, 0.25) is 0 Å². The lowest BCUT2D eigenvalue weighted by Gasteiger charge is -1.89. The molecular formula is C5H7NO2. The van der Waals surface area contributed by atoms with Crippen LogP contribution in [0.25, 0.3) is 0 Å². The Morgan fingerprint density at radius 3 is 2.50 bits per heavy atom. The number of ether oxygens (including phenoxy) is 1. The quantitative estimate of drug-likeness (QED) is 0.374. The highest BCUT2D eigenvalue weighted by Gasteiger charge is 2.40. The Morgan fingerprint density at radius 1 is 1.88 bits per heavy atom. The Hall–Kier alpha value is -0.590. The molecule has 0 radical (unpaired) electrons. The lowest BCUT2D eigenvalue weighted by molar-refractivity contribution is 0.183. The van der Waals surface area contributed by atoms with Crippen LogP contribution in [-0.4, -0.2) is 23.4 Å². The molecule has 0 amide bonds. The third kappa shape index (κ3) is 0.808. The largest absolute Gasteiger partial charge is 0.375 e. The number of hydrogen-bond donors (Lipinski definition) is 1. The van der Waals surface area contributed by atoms with Crippen LogP contribution in [0.15, 0.2) is 0 Å². The molecule has 1 saturated heterocycles. The van der Waals surface area contributed by atoms with Crippen molar-refractivity contribution in [3.8, 4) is 6.07 Å². The summed E-state index contributed by atoms with van der Waals surface area (Å²) in [5.41, 5.74) is 0. The van der Waals surface area contributed by atoms with Gasteiger partial charge in [-0.1, -0.05) is 0 Å². The van der Waals surface area contributed by atoms with Crippen LogP contribution in [0.4, 0.5) is 0 Å². The minimum atomic E-state index is -0.926. The molecule has 3 nitrogen and oxygen atoms in total. The fourth-order valence-corrected chi connectivity index (χ4v) is 0.607. The van der Waals surface area contributed by atoms with E-state index >= 15 is 0 Å². The van der Waals surface area contributed by atoms with Crippen molar-refractivity contribution < 1.29 is 9.84 Å². The van der Waals surface area contributed by atoms with Gasteiger partial charge in [0.25, 0.3) is 0 Å². The van der Waals surface area contributed by atoms with Crippen molar-refractivity contribution in [1.82, 2.24) is 0 Å². The van der Waals surface area contributed by atoms with Crippen LogP contribution >= 0.6 is 0 Å². The highest BCUT2D eigenvalue weighted by atomic mass is 16.6. The van der Waals surface area contributed by atoms with Gasteiger partial charge in [0.15, 0.2) is 6.10 Å². The van der Waals surface area contributed by atoms with E-state index < -0.39 is 6.10 Å². The lowest BCUT2D eigenvalue weighted by atomic mass is 10.2. The molecule has 3 unspecified atom stereocenters. The number of nitriles is 1. The zero-order chi connectivity index (χ0) is 6.15. The average molecular weight is 113 g/mol. The van der Waals surface area contributed by atoms with Crippen molar-refractivity contribution in [2.45, 2.75) is 25.2 Å². The highest BCUT2D eigenvalue weighted by Crippen LogP contribution is 2.23. The van der Waals surface area contributed by atoms with Crippen molar-refractivity contribution in [2.24, 2.45) is 0 Å². The minimum absolute atomic E-state index is 0.0737. The van der Waals surface area contributed by atoms with E-state index in [-0.39, 0.29) is 12.2 Å². The monoisotopic (exact) mass is 113 g/mol. The molecule has 0 saturated carbocycles. The Balaban J connectivity index is 2.31. The molecule has 1 N–H and O–H groups in total. The second-order valence-corrected chi connectivity index (χ2v) is 1.88. The van der Waals surface area contributed by atoms with Gasteiger partial charge in [0, 0.05) is 0 Å². The molecule has 1 aliphatic rings. The van der Waals surface area contributed by atoms with Crippen LogP contribution in [0, 0.1) is 11.3 Å². The van der Waals surface area contributed by atoms with E-state index in [9.17, 15) is 0 Å². The lowest BCUT2D eigenvalue weighted by Crippen LogP contribution is -2.12. The Bertz CT molecular complexity index is 129. The Labute approximate surface area is 47.5 Å². The van der Waals surface area contributed by atoms with E-state index in [1.54, 1.807) is 6.07 Å². The molecule has 1 heterocycles. The van der Waals surface area contributed by atoms with Crippen molar-refractivity contribution in [2.75, 3.05) is 0 Å². The number of aliphatic hydroxyl groups excluding tert-OH is 1. The maximum Gasteiger partial charge on any atom is 0.169 e. The van der Waals surface area contributed by atoms with Crippen LogP contribution in [0.5, 0.6) is 0 Å². The van der Waals surface area contributed by atoms with Gasteiger partial charge < -0.3 is 9.84 Å². The maximum absolute atomic E-state index is 8.68. The SMILES string of the molecule is CC1OC1C(O)C#N. The van der Waals surface area contributed by atoms with Gasteiger partial charge in [-0.15, -0.1) is 0 Å². The summed E-state index contributed by atoms with van der Waals surface area (Å²) in [6, 6.07) is 1.69. The molecule has 8 heavy (non-hydrogen) atoms. The second-order valence-electron chi connectivity index (χ2n) is 1.88. The van der Waals surface area contributed by atoms with Crippen LogP contribution in [-0.2, 0) is 4.74 Å². The van der Waals surface area contributed by atoms with Gasteiger partial charge in [0.1, 0.15) is 6.10 Å². The summed E-state index contributed by atoms with van der Waals surface area (Å²) in [7, 11) is 0. The summed E-state index contributed by atoms with van der Waals surface area (Å²) in [6.07, 6.45) is -1.07. The van der Waals surface area contributed by atoms with E-state index in [0.29, 0.717) is 0 Å². The topological polar surface area (TPSA) is 56.5 Å². The average Bonchev–Trinajstić information content (AvgIpc) is 2.45. The van der Waals surface area contributed by atoms with Gasteiger partial charge in [-0.25, -0.2) is 0 Å². The molecule has 0 spiro atoms. The molecule has 0 bridgehead atoms. The van der Waals surface area contributed by atoms with E-state index in [2.05, 4.69) is 0 Å². The Morgan fingerprint density at radius 2 is 2.38 bits per heavy atom. The predicted molar refractivity (Wildman–Crippen MR) is 26.0 cm³/mol. The molecule has 44 valence electrons. The standard InChI is InChI=1S/C5H7NO2/c1-3-5(8-3)4(7)2-6/h3-5,7H,1H3. The summed E-state index contributed by atoms with van der Waals surface area (Å²) >= 11 is 0. The molecule has 3 heteroatoms. The highest BCUT2D eigenvalue weighted by molar-refractivity contribution is 4.98. The molecular weight excluding hydrogens is 106 g/mol. The van der Waals surface area contributed by atoms with Crippen LogP contribution in [0.2, 0.25) is 0 Å². The molecule has 1 rings (SSSR count). The first-order valence-corrected chi connectivity index (χ1v) is 2.49. The van der Waals surface area contributed by atoms with Crippen LogP contribution in [0.1, 0.15) is 6.92 Å². The zero-order valence-corrected chi connectivity index (χ0v) is 4.53. The molecule has 0 aromatic rings. The second kappa shape index (κ2) is 1.73. The number of hydrogen-bond acceptors (Lipinski definition) is 3. The van der Waals surface area contributed by atoms with E-state index in [1.165, 1.54) is 0 Å². The number of rotatable bonds is 1. The fraction of sp³-hybridized carbons (Fsp3) is 0.800. The first-order chi connectivity index (χ1) is 3.75. The summed E-state index contributed by atoms with van der Waals surface area (Å²) < 4.78 is 4.80. The van der Waals surface area contributed by atoms with Crippen molar-refractivity contribution >= 4 is 0 Å². The van der Waals surface area contributed by atoms with Crippen LogP contribution in [0.3, 0.4) is 0 Å². The van der Waals surface area contributed by atoms with E-state index in [0.717, 1.165) is 0 Å². The summed E-state index contributed by atoms with van der Waals surface area (Å²) in [5.74, 6) is 0. The summed E-state index contributed by atoms with van der Waals surface area (Å²) in [4.78, 5) is 0. The van der Waals surface area contributed by atoms with Crippen LogP contribution < -0.4 is 0 Å². The number of aliphatic hydroxyl groups is 1. The molecule has 3 atom stereocenters. The van der Waals surface area contributed by atoms with Gasteiger partial charge in [0.05, 0.1) is 12.2 Å².